The Balaban J connectivity index is 1.85. The standard InChI is InChI=1S/C28H18/c1-3-11-20-17(8-1)18-9-5-6-13-22(18)27-24-15-7-14-23-19-10-2-4-12-21(19)26(28(23)24)16-25(20)27/h1,3,5-16H,2,4H2. The monoisotopic (exact) mass is 354 g/mol. The minimum absolute atomic E-state index is 1.14. The smallest absolute Gasteiger partial charge is 0.00197 e. The maximum Gasteiger partial charge on any atom is -0.00197 e. The quantitative estimate of drug-likeness (QED) is 0.248. The zero-order valence-corrected chi connectivity index (χ0v) is 15.5. The fraction of sp³-hybridized carbons (Fsp3) is 0.0714. The average molecular weight is 354 g/mol. The minimum atomic E-state index is 1.14. The summed E-state index contributed by atoms with van der Waals surface area (Å²) in [5.41, 5.74) is 5.72. The van der Waals surface area contributed by atoms with E-state index in [0.29, 0.717) is 0 Å². The van der Waals surface area contributed by atoms with Crippen molar-refractivity contribution >= 4 is 54.2 Å². The van der Waals surface area contributed by atoms with Gasteiger partial charge in [-0.3, -0.25) is 0 Å². The third kappa shape index (κ3) is 1.67. The second-order valence-corrected chi connectivity index (χ2v) is 7.98. The van der Waals surface area contributed by atoms with Crippen molar-refractivity contribution in [3.63, 3.8) is 0 Å². The van der Waals surface area contributed by atoms with Gasteiger partial charge in [0.25, 0.3) is 0 Å². The van der Waals surface area contributed by atoms with Crippen LogP contribution in [0.25, 0.3) is 54.2 Å². The molecule has 0 spiro atoms. The van der Waals surface area contributed by atoms with Crippen LogP contribution in [0.2, 0.25) is 0 Å². The Morgan fingerprint density at radius 1 is 0.429 bits per heavy atom. The Labute approximate surface area is 163 Å². The molecule has 5 aromatic carbocycles. The first kappa shape index (κ1) is 14.6. The molecule has 0 atom stereocenters. The first-order chi connectivity index (χ1) is 13.9. The summed E-state index contributed by atoms with van der Waals surface area (Å²) in [6.07, 6.45) is 7.17. The van der Waals surface area contributed by atoms with Crippen LogP contribution in [0.1, 0.15) is 24.0 Å². The van der Waals surface area contributed by atoms with E-state index in [4.69, 9.17) is 0 Å². The van der Waals surface area contributed by atoms with E-state index in [1.165, 1.54) is 65.4 Å². The molecule has 0 unspecified atom stereocenters. The van der Waals surface area contributed by atoms with Gasteiger partial charge in [-0.25, -0.2) is 0 Å². The lowest BCUT2D eigenvalue weighted by molar-refractivity contribution is 1.05. The molecule has 5 aromatic rings. The number of rotatable bonds is 0. The Bertz CT molecular complexity index is 1540. The van der Waals surface area contributed by atoms with Gasteiger partial charge in [0.1, 0.15) is 0 Å². The van der Waals surface area contributed by atoms with Crippen LogP contribution in [0.3, 0.4) is 0 Å². The summed E-state index contributed by atoms with van der Waals surface area (Å²) >= 11 is 0. The van der Waals surface area contributed by atoms with E-state index >= 15 is 0 Å². The van der Waals surface area contributed by atoms with Gasteiger partial charge >= 0.3 is 0 Å². The van der Waals surface area contributed by atoms with Crippen LogP contribution in [-0.2, 0) is 0 Å². The summed E-state index contributed by atoms with van der Waals surface area (Å²) < 4.78 is 0. The van der Waals surface area contributed by atoms with Gasteiger partial charge in [0.15, 0.2) is 0 Å². The van der Waals surface area contributed by atoms with E-state index < -0.39 is 0 Å². The van der Waals surface area contributed by atoms with Gasteiger partial charge in [0.2, 0.25) is 0 Å². The molecule has 0 heterocycles. The van der Waals surface area contributed by atoms with Crippen molar-refractivity contribution in [1.29, 1.82) is 0 Å². The van der Waals surface area contributed by atoms with Crippen molar-refractivity contribution in [3.8, 4) is 0 Å². The van der Waals surface area contributed by atoms with Crippen LogP contribution in [-0.4, -0.2) is 0 Å². The predicted octanol–water partition coefficient (Wildman–Crippen LogP) is 7.87. The van der Waals surface area contributed by atoms with Crippen molar-refractivity contribution in [3.05, 3.63) is 96.1 Å². The van der Waals surface area contributed by atoms with Crippen molar-refractivity contribution < 1.29 is 0 Å². The zero-order chi connectivity index (χ0) is 18.2. The van der Waals surface area contributed by atoms with Gasteiger partial charge in [-0.1, -0.05) is 78.9 Å². The summed E-state index contributed by atoms with van der Waals surface area (Å²) in [4.78, 5) is 0. The molecule has 0 aliphatic heterocycles. The molecule has 2 aliphatic carbocycles. The number of benzene rings is 5. The number of allylic oxidation sites excluding steroid dienone is 4. The molecule has 0 bridgehead atoms. The van der Waals surface area contributed by atoms with Crippen molar-refractivity contribution in [2.45, 2.75) is 12.8 Å². The fourth-order valence-corrected chi connectivity index (χ4v) is 5.50. The van der Waals surface area contributed by atoms with Gasteiger partial charge in [0, 0.05) is 0 Å². The van der Waals surface area contributed by atoms with Gasteiger partial charge in [-0.2, -0.15) is 0 Å². The molecule has 7 rings (SSSR count). The van der Waals surface area contributed by atoms with Crippen molar-refractivity contribution in [1.82, 2.24) is 0 Å². The normalized spacial score (nSPS) is 15.3. The topological polar surface area (TPSA) is 0 Å². The maximum atomic E-state index is 2.47. The molecule has 0 saturated heterocycles. The number of hydrogen-bond acceptors (Lipinski definition) is 0. The molecular formula is C28H18. The molecular weight excluding hydrogens is 336 g/mol. The van der Waals surface area contributed by atoms with E-state index in [-0.39, 0.29) is 0 Å². The Morgan fingerprint density at radius 3 is 1.75 bits per heavy atom. The molecule has 0 N–H and O–H groups in total. The largest absolute Gasteiger partial charge is 0.0757 e. The van der Waals surface area contributed by atoms with Crippen LogP contribution in [0.4, 0.5) is 0 Å². The first-order valence-corrected chi connectivity index (χ1v) is 10.1. The molecule has 0 nitrogen and oxygen atoms in total. The van der Waals surface area contributed by atoms with Crippen LogP contribution in [0.5, 0.6) is 0 Å². The maximum absolute atomic E-state index is 2.47. The summed E-state index contributed by atoms with van der Waals surface area (Å²) in [5, 5.41) is 11.0. The molecule has 28 heavy (non-hydrogen) atoms. The molecule has 0 amide bonds. The molecule has 0 aromatic heterocycles. The van der Waals surface area contributed by atoms with Gasteiger partial charge in [-0.05, 0) is 84.3 Å². The lowest BCUT2D eigenvalue weighted by atomic mass is 9.89. The molecule has 0 heteroatoms. The highest BCUT2D eigenvalue weighted by atomic mass is 14.3. The molecule has 0 radical (unpaired) electrons. The van der Waals surface area contributed by atoms with Gasteiger partial charge < -0.3 is 0 Å². The van der Waals surface area contributed by atoms with Crippen LogP contribution in [0, 0.1) is 0 Å². The lowest BCUT2D eigenvalue weighted by Gasteiger charge is -2.14. The summed E-state index contributed by atoms with van der Waals surface area (Å²) in [6.45, 7) is 0. The molecule has 2 aliphatic rings. The third-order valence-corrected chi connectivity index (χ3v) is 6.60. The van der Waals surface area contributed by atoms with Crippen molar-refractivity contribution in [2.24, 2.45) is 0 Å². The Morgan fingerprint density at radius 2 is 1.00 bits per heavy atom. The molecule has 0 fully saturated rings. The predicted molar refractivity (Wildman–Crippen MR) is 122 cm³/mol. The van der Waals surface area contributed by atoms with E-state index in [0.717, 1.165) is 12.8 Å². The summed E-state index contributed by atoms with van der Waals surface area (Å²) in [7, 11) is 0. The first-order valence-electron chi connectivity index (χ1n) is 10.1. The molecule has 130 valence electrons. The second kappa shape index (κ2) is 5.11. The zero-order valence-electron chi connectivity index (χ0n) is 15.5. The van der Waals surface area contributed by atoms with E-state index in [2.05, 4.69) is 84.9 Å². The highest BCUT2D eigenvalue weighted by molar-refractivity contribution is 6.36. The minimum Gasteiger partial charge on any atom is -0.0757 e. The number of fused-ring (bicyclic) bond motifs is 10. The van der Waals surface area contributed by atoms with E-state index in [1.807, 2.05) is 0 Å². The van der Waals surface area contributed by atoms with Crippen LogP contribution < -0.4 is 0 Å². The highest BCUT2D eigenvalue weighted by Crippen LogP contribution is 2.51. The van der Waals surface area contributed by atoms with Crippen LogP contribution >= 0.6 is 0 Å². The second-order valence-electron chi connectivity index (χ2n) is 7.98. The lowest BCUT2D eigenvalue weighted by Crippen LogP contribution is -1.88. The van der Waals surface area contributed by atoms with Gasteiger partial charge in [-0.15, -0.1) is 0 Å². The average Bonchev–Trinajstić information content (AvgIpc) is 3.09. The van der Waals surface area contributed by atoms with Crippen molar-refractivity contribution in [2.75, 3.05) is 0 Å². The SMILES string of the molecule is C1=C2C(=CCC1)c1cc3c4ccccc4c4ccccc4c3c3cccc2c13. The fourth-order valence-electron chi connectivity index (χ4n) is 5.50. The highest BCUT2D eigenvalue weighted by Gasteiger charge is 2.27. The summed E-state index contributed by atoms with van der Waals surface area (Å²) in [5.74, 6) is 0. The van der Waals surface area contributed by atoms with E-state index in [1.54, 1.807) is 0 Å². The summed E-state index contributed by atoms with van der Waals surface area (Å²) in [6, 6.07) is 27.1. The number of hydrogen-bond donors (Lipinski definition) is 0. The Kier molecular flexibility index (Phi) is 2.67. The van der Waals surface area contributed by atoms with E-state index in [9.17, 15) is 0 Å². The molecule has 0 saturated carbocycles. The van der Waals surface area contributed by atoms with Crippen LogP contribution in [0.15, 0.2) is 84.9 Å². The Hall–Kier alpha value is -3.38. The van der Waals surface area contributed by atoms with Gasteiger partial charge in [0.05, 0.1) is 0 Å². The third-order valence-electron chi connectivity index (χ3n) is 6.60.